The molecule has 1 aliphatic carbocycles. The summed E-state index contributed by atoms with van der Waals surface area (Å²) in [6.45, 7) is 2.22. The number of hydrogen-bond acceptors (Lipinski definition) is 6. The van der Waals surface area contributed by atoms with Crippen LogP contribution in [0.3, 0.4) is 0 Å². The van der Waals surface area contributed by atoms with E-state index in [0.717, 1.165) is 36.9 Å². The summed E-state index contributed by atoms with van der Waals surface area (Å²) in [6.07, 6.45) is 4.99. The summed E-state index contributed by atoms with van der Waals surface area (Å²) in [4.78, 5) is 25.8. The Kier molecular flexibility index (Phi) is 4.86. The normalized spacial score (nSPS) is 20.3. The van der Waals surface area contributed by atoms with E-state index >= 15 is 0 Å². The summed E-state index contributed by atoms with van der Waals surface area (Å²) >= 11 is 0. The molecule has 1 saturated carbocycles. The van der Waals surface area contributed by atoms with Gasteiger partial charge in [-0.15, -0.1) is 0 Å². The van der Waals surface area contributed by atoms with Gasteiger partial charge in [0.1, 0.15) is 18.0 Å². The molecule has 0 radical (unpaired) electrons. The van der Waals surface area contributed by atoms with E-state index in [1.165, 1.54) is 6.20 Å². The third-order valence-corrected chi connectivity index (χ3v) is 6.06. The Balaban J connectivity index is 1.61. The molecule has 1 N–H and O–H groups in total. The van der Waals surface area contributed by atoms with E-state index in [2.05, 4.69) is 12.3 Å². The third kappa shape index (κ3) is 3.63. The van der Waals surface area contributed by atoms with E-state index in [-0.39, 0.29) is 35.0 Å². The first-order chi connectivity index (χ1) is 15.0. The molecule has 0 spiro atoms. The van der Waals surface area contributed by atoms with Gasteiger partial charge >= 0.3 is 0 Å². The summed E-state index contributed by atoms with van der Waals surface area (Å²) in [5, 5.41) is 12.8. The lowest BCUT2D eigenvalue weighted by molar-refractivity contribution is -0.424. The van der Waals surface area contributed by atoms with Gasteiger partial charge in [-0.2, -0.15) is 0 Å². The van der Waals surface area contributed by atoms with Gasteiger partial charge < -0.3 is 9.64 Å². The summed E-state index contributed by atoms with van der Waals surface area (Å²) < 4.78 is 6.34. The van der Waals surface area contributed by atoms with E-state index in [9.17, 15) is 14.9 Å². The molecule has 160 valence electrons. The number of benzene rings is 2. The van der Waals surface area contributed by atoms with Crippen molar-refractivity contribution in [2.45, 2.75) is 38.6 Å². The standard InChI is InChI=1S/C23H24N4O4/c1-15-7-10-19-20(26(15)23(28)16-8-9-16)11-12-21(25-14-17(13-24-25)27(29)30)22(19)31-18-5-3-2-4-6-18/h2-6,11-12,14-16,24H,7-10,13H2,1H3. The predicted octanol–water partition coefficient (Wildman–Crippen LogP) is 4.00. The van der Waals surface area contributed by atoms with Crippen LogP contribution in [-0.2, 0) is 11.2 Å². The lowest BCUT2D eigenvalue weighted by atomic mass is 9.94. The number of nitro groups is 1. The minimum Gasteiger partial charge on any atom is -0.455 e. The molecule has 2 aromatic carbocycles. The summed E-state index contributed by atoms with van der Waals surface area (Å²) in [5.41, 5.74) is 5.65. The third-order valence-electron chi connectivity index (χ3n) is 6.06. The Labute approximate surface area is 180 Å². The van der Waals surface area contributed by atoms with Crippen LogP contribution in [0.25, 0.3) is 0 Å². The molecule has 1 atom stereocenters. The van der Waals surface area contributed by atoms with E-state index in [4.69, 9.17) is 4.74 Å². The number of anilines is 2. The number of para-hydroxylation sites is 1. The molecule has 5 rings (SSSR count). The Bertz CT molecular complexity index is 1060. The maximum atomic E-state index is 13.0. The van der Waals surface area contributed by atoms with Crippen LogP contribution in [0.2, 0.25) is 0 Å². The van der Waals surface area contributed by atoms with Crippen LogP contribution in [0.1, 0.15) is 31.7 Å². The number of hydrogen-bond donors (Lipinski definition) is 1. The van der Waals surface area contributed by atoms with Crippen LogP contribution in [0.4, 0.5) is 11.4 Å². The van der Waals surface area contributed by atoms with Crippen LogP contribution in [0.15, 0.2) is 54.4 Å². The first-order valence-corrected chi connectivity index (χ1v) is 10.6. The zero-order valence-corrected chi connectivity index (χ0v) is 17.3. The minimum absolute atomic E-state index is 0.0857. The van der Waals surface area contributed by atoms with E-state index in [0.29, 0.717) is 17.2 Å². The van der Waals surface area contributed by atoms with Gasteiger partial charge in [0.05, 0.1) is 16.8 Å². The highest BCUT2D eigenvalue weighted by Gasteiger charge is 2.39. The number of rotatable bonds is 5. The lowest BCUT2D eigenvalue weighted by Crippen LogP contribution is -2.43. The van der Waals surface area contributed by atoms with Gasteiger partial charge in [0.25, 0.3) is 5.70 Å². The molecule has 3 aliphatic rings. The number of nitrogens with zero attached hydrogens (tertiary/aromatic N) is 3. The number of carbonyl (C=O) groups is 1. The second-order valence-electron chi connectivity index (χ2n) is 8.28. The Hall–Kier alpha value is -3.39. The maximum Gasteiger partial charge on any atom is 0.279 e. The second kappa shape index (κ2) is 7.70. The molecule has 8 heteroatoms. The van der Waals surface area contributed by atoms with E-state index < -0.39 is 0 Å². The average molecular weight is 420 g/mol. The van der Waals surface area contributed by atoms with Crippen LogP contribution in [0.5, 0.6) is 11.5 Å². The average Bonchev–Trinajstić information content (AvgIpc) is 3.50. The van der Waals surface area contributed by atoms with Gasteiger partial charge in [-0.1, -0.05) is 18.2 Å². The monoisotopic (exact) mass is 420 g/mol. The summed E-state index contributed by atoms with van der Waals surface area (Å²) in [7, 11) is 0. The largest absolute Gasteiger partial charge is 0.455 e. The minimum atomic E-state index is -0.388. The smallest absolute Gasteiger partial charge is 0.279 e. The molecule has 1 amide bonds. The van der Waals surface area contributed by atoms with Gasteiger partial charge in [0, 0.05) is 17.5 Å². The van der Waals surface area contributed by atoms with Crippen molar-refractivity contribution in [2.75, 3.05) is 16.5 Å². The maximum absolute atomic E-state index is 13.0. The van der Waals surface area contributed by atoms with Gasteiger partial charge in [-0.25, -0.2) is 5.43 Å². The number of fused-ring (bicyclic) bond motifs is 1. The van der Waals surface area contributed by atoms with Crippen LogP contribution in [-0.4, -0.2) is 23.4 Å². The topological polar surface area (TPSA) is 87.9 Å². The van der Waals surface area contributed by atoms with Crippen molar-refractivity contribution >= 4 is 17.3 Å². The van der Waals surface area contributed by atoms with E-state index in [1.807, 2.05) is 47.4 Å². The molecule has 31 heavy (non-hydrogen) atoms. The fourth-order valence-corrected chi connectivity index (χ4v) is 4.24. The van der Waals surface area contributed by atoms with Crippen molar-refractivity contribution in [1.82, 2.24) is 5.43 Å². The fourth-order valence-electron chi connectivity index (χ4n) is 4.24. The van der Waals surface area contributed by atoms with Crippen molar-refractivity contribution in [3.05, 3.63) is 70.0 Å². The van der Waals surface area contributed by atoms with Gasteiger partial charge in [-0.05, 0) is 56.9 Å². The highest BCUT2D eigenvalue weighted by molar-refractivity contribution is 5.99. The van der Waals surface area contributed by atoms with Crippen molar-refractivity contribution in [3.8, 4) is 11.5 Å². The van der Waals surface area contributed by atoms with Crippen LogP contribution < -0.4 is 20.1 Å². The Morgan fingerprint density at radius 2 is 1.87 bits per heavy atom. The predicted molar refractivity (Wildman–Crippen MR) is 117 cm³/mol. The summed E-state index contributed by atoms with van der Waals surface area (Å²) in [6, 6.07) is 13.4. The second-order valence-corrected chi connectivity index (χ2v) is 8.28. The number of amides is 1. The molecule has 1 fully saturated rings. The quantitative estimate of drug-likeness (QED) is 0.581. The van der Waals surface area contributed by atoms with Crippen LogP contribution >= 0.6 is 0 Å². The van der Waals surface area contributed by atoms with Crippen LogP contribution in [0, 0.1) is 16.0 Å². The Morgan fingerprint density at radius 3 is 2.55 bits per heavy atom. The molecule has 0 aromatic heterocycles. The molecular weight excluding hydrogens is 396 g/mol. The molecule has 0 bridgehead atoms. The van der Waals surface area contributed by atoms with Gasteiger partial charge in [0.15, 0.2) is 5.75 Å². The zero-order valence-electron chi connectivity index (χ0n) is 17.3. The molecule has 2 heterocycles. The lowest BCUT2D eigenvalue weighted by Gasteiger charge is -2.37. The molecule has 2 aliphatic heterocycles. The number of carbonyl (C=O) groups excluding carboxylic acids is 1. The number of nitrogens with one attached hydrogen (secondary N) is 1. The first kappa shape index (κ1) is 19.6. The SMILES string of the molecule is CC1CCc2c(ccc(N3C=C([N+](=O)[O-])CN3)c2Oc2ccccc2)N1C(=O)C1CC1. The van der Waals surface area contributed by atoms with Gasteiger partial charge in [0.2, 0.25) is 5.91 Å². The molecule has 8 nitrogen and oxygen atoms in total. The van der Waals surface area contributed by atoms with Crippen molar-refractivity contribution < 1.29 is 14.5 Å². The van der Waals surface area contributed by atoms with Crippen molar-refractivity contribution in [1.29, 1.82) is 0 Å². The highest BCUT2D eigenvalue weighted by Crippen LogP contribution is 2.46. The van der Waals surface area contributed by atoms with Crippen molar-refractivity contribution in [2.24, 2.45) is 5.92 Å². The number of hydrazine groups is 1. The Morgan fingerprint density at radius 1 is 1.13 bits per heavy atom. The van der Waals surface area contributed by atoms with Crippen molar-refractivity contribution in [3.63, 3.8) is 0 Å². The number of ether oxygens (including phenoxy) is 1. The summed E-state index contributed by atoms with van der Waals surface area (Å²) in [5.74, 6) is 1.60. The fraction of sp³-hybridized carbons (Fsp3) is 0.348. The first-order valence-electron chi connectivity index (χ1n) is 10.6. The molecule has 2 aromatic rings. The molecule has 0 saturated heterocycles. The highest BCUT2D eigenvalue weighted by atomic mass is 16.6. The zero-order chi connectivity index (χ0) is 21.5. The molecule has 1 unspecified atom stereocenters. The molecular formula is C23H24N4O4. The van der Waals surface area contributed by atoms with E-state index in [1.54, 1.807) is 5.01 Å². The van der Waals surface area contributed by atoms with Gasteiger partial charge in [-0.3, -0.25) is 19.9 Å².